The van der Waals surface area contributed by atoms with Crippen LogP contribution in [-0.2, 0) is 0 Å². The molecular formula is C5H10Cl2Si. The second-order valence-electron chi connectivity index (χ2n) is 1.77. The van der Waals surface area contributed by atoms with Crippen molar-refractivity contribution >= 4 is 33.4 Å². The Hall–Kier alpha value is 0.537. The van der Waals surface area contributed by atoms with Gasteiger partial charge in [0.15, 0.2) is 0 Å². The predicted molar refractivity (Wildman–Crippen MR) is 43.8 cm³/mol. The van der Waals surface area contributed by atoms with E-state index in [4.69, 9.17) is 23.2 Å². The first-order valence-electron chi connectivity index (χ1n) is 2.62. The minimum atomic E-state index is -0.546. The topological polar surface area (TPSA) is 0 Å². The van der Waals surface area contributed by atoms with Crippen molar-refractivity contribution in [1.82, 2.24) is 0 Å². The van der Waals surface area contributed by atoms with E-state index in [1.165, 1.54) is 0 Å². The van der Waals surface area contributed by atoms with Gasteiger partial charge in [-0.15, -0.1) is 23.2 Å². The molecule has 0 aliphatic rings. The van der Waals surface area contributed by atoms with Crippen molar-refractivity contribution in [3.63, 3.8) is 0 Å². The van der Waals surface area contributed by atoms with Gasteiger partial charge in [0.05, 0.1) is 10.2 Å². The molecule has 0 aliphatic heterocycles. The summed E-state index contributed by atoms with van der Waals surface area (Å²) in [5, 5.41) is 0. The highest BCUT2D eigenvalue weighted by Gasteiger charge is 2.08. The lowest BCUT2D eigenvalue weighted by atomic mass is 10.4. The lowest BCUT2D eigenvalue weighted by molar-refractivity contribution is 1.20. The van der Waals surface area contributed by atoms with Gasteiger partial charge in [-0.05, 0) is 6.42 Å². The van der Waals surface area contributed by atoms with Crippen LogP contribution in [0.2, 0.25) is 0 Å². The number of allylic oxidation sites excluding steroid dienone is 2. The van der Waals surface area contributed by atoms with Gasteiger partial charge in [0.25, 0.3) is 0 Å². The molecule has 3 heteroatoms. The summed E-state index contributed by atoms with van der Waals surface area (Å²) in [7, 11) is 0.786. The van der Waals surface area contributed by atoms with Crippen molar-refractivity contribution in [3.8, 4) is 0 Å². The molecule has 0 aromatic carbocycles. The van der Waals surface area contributed by atoms with Crippen LogP contribution in [-0.4, -0.2) is 14.2 Å². The summed E-state index contributed by atoms with van der Waals surface area (Å²) < 4.78 is -0.546. The highest BCUT2D eigenvalue weighted by atomic mass is 35.5. The van der Waals surface area contributed by atoms with Crippen molar-refractivity contribution in [3.05, 3.63) is 12.2 Å². The number of halogens is 2. The van der Waals surface area contributed by atoms with E-state index in [1.807, 2.05) is 12.2 Å². The Bertz CT molecular complexity index is 82.9. The zero-order chi connectivity index (χ0) is 6.62. The average Bonchev–Trinajstić information content (AvgIpc) is 1.59. The third-order valence-electron chi connectivity index (χ3n) is 0.646. The van der Waals surface area contributed by atoms with Gasteiger partial charge < -0.3 is 0 Å². The third kappa shape index (κ3) is 6.54. The van der Waals surface area contributed by atoms with Crippen LogP contribution in [0.25, 0.3) is 0 Å². The number of alkyl halides is 2. The first-order valence-corrected chi connectivity index (χ1v) is 4.37. The first kappa shape index (κ1) is 8.54. The molecule has 0 amide bonds. The molecule has 0 aromatic heterocycles. The molecule has 0 heterocycles. The maximum atomic E-state index is 5.65. The van der Waals surface area contributed by atoms with Crippen molar-refractivity contribution in [1.29, 1.82) is 0 Å². The number of hydrogen-bond donors (Lipinski definition) is 0. The van der Waals surface area contributed by atoms with E-state index in [-0.39, 0.29) is 0 Å². The second kappa shape index (κ2) is 3.54. The highest BCUT2D eigenvalue weighted by Crippen LogP contribution is 2.16. The van der Waals surface area contributed by atoms with E-state index in [9.17, 15) is 0 Å². The molecule has 0 aliphatic carbocycles. The zero-order valence-electron chi connectivity index (χ0n) is 5.12. The van der Waals surface area contributed by atoms with Gasteiger partial charge >= 0.3 is 0 Å². The molecule has 0 atom stereocenters. The van der Waals surface area contributed by atoms with Gasteiger partial charge in [-0.25, -0.2) is 0 Å². The predicted octanol–water partition coefficient (Wildman–Crippen LogP) is 1.45. The number of rotatable bonds is 2. The Labute approximate surface area is 63.3 Å². The van der Waals surface area contributed by atoms with Gasteiger partial charge in [-0.3, -0.25) is 0 Å². The van der Waals surface area contributed by atoms with Gasteiger partial charge in [-0.2, -0.15) is 0 Å². The summed E-state index contributed by atoms with van der Waals surface area (Å²) in [4.78, 5) is 0. The van der Waals surface area contributed by atoms with Crippen molar-refractivity contribution in [2.24, 2.45) is 0 Å². The minimum absolute atomic E-state index is 0.546. The monoisotopic (exact) mass is 168 g/mol. The fraction of sp³-hybridized carbons (Fsp3) is 0.600. The molecule has 0 spiro atoms. The molecule has 0 radical (unpaired) electrons. The lowest BCUT2D eigenvalue weighted by Gasteiger charge is -2.03. The fourth-order valence-electron chi connectivity index (χ4n) is 0.325. The molecule has 0 rings (SSSR count). The molecule has 0 bridgehead atoms. The average molecular weight is 169 g/mol. The van der Waals surface area contributed by atoms with Crippen LogP contribution in [0.3, 0.4) is 0 Å². The van der Waals surface area contributed by atoms with Crippen LogP contribution in [0.15, 0.2) is 12.2 Å². The summed E-state index contributed by atoms with van der Waals surface area (Å²) in [5.74, 6) is 0. The molecule has 0 unspecified atom stereocenters. The largest absolute Gasteiger partial charge is 0.114 e. The van der Waals surface area contributed by atoms with E-state index < -0.39 is 3.96 Å². The van der Waals surface area contributed by atoms with E-state index in [1.54, 1.807) is 0 Å². The van der Waals surface area contributed by atoms with Gasteiger partial charge in [0.2, 0.25) is 0 Å². The summed E-state index contributed by atoms with van der Waals surface area (Å²) in [5.41, 5.74) is 0. The molecule has 0 nitrogen and oxygen atoms in total. The maximum Gasteiger partial charge on any atom is 0.114 e. The van der Waals surface area contributed by atoms with Crippen molar-refractivity contribution < 1.29 is 0 Å². The Morgan fingerprint density at radius 3 is 2.25 bits per heavy atom. The lowest BCUT2D eigenvalue weighted by Crippen LogP contribution is -2.05. The normalized spacial score (nSPS) is 13.4. The van der Waals surface area contributed by atoms with Gasteiger partial charge in [-0.1, -0.05) is 19.1 Å². The summed E-state index contributed by atoms with van der Waals surface area (Å²) >= 11 is 11.3. The van der Waals surface area contributed by atoms with Crippen LogP contribution in [0.5, 0.6) is 0 Å². The maximum absolute atomic E-state index is 5.65. The van der Waals surface area contributed by atoms with Crippen LogP contribution >= 0.6 is 23.2 Å². The van der Waals surface area contributed by atoms with Crippen molar-refractivity contribution in [2.45, 2.75) is 17.3 Å². The Kier molecular flexibility index (Phi) is 3.78. The molecule has 48 valence electrons. The standard InChI is InChI=1S/C5H10Cl2Si/c1-2-3-4-5(6,7)8/h3-4H,2H2,1,8H3. The highest BCUT2D eigenvalue weighted by molar-refractivity contribution is 6.66. The van der Waals surface area contributed by atoms with Gasteiger partial charge in [0.1, 0.15) is 3.96 Å². The van der Waals surface area contributed by atoms with E-state index in [2.05, 4.69) is 6.92 Å². The molecular weight excluding hydrogens is 159 g/mol. The molecule has 0 aromatic rings. The van der Waals surface area contributed by atoms with Crippen LogP contribution in [0, 0.1) is 0 Å². The molecule has 0 fully saturated rings. The molecule has 0 N–H and O–H groups in total. The second-order valence-corrected chi connectivity index (χ2v) is 6.38. The fourth-order valence-corrected chi connectivity index (χ4v) is 0.739. The van der Waals surface area contributed by atoms with Crippen LogP contribution in [0.4, 0.5) is 0 Å². The van der Waals surface area contributed by atoms with Crippen LogP contribution < -0.4 is 0 Å². The minimum Gasteiger partial charge on any atom is -0.102 e. The quantitative estimate of drug-likeness (QED) is 0.333. The summed E-state index contributed by atoms with van der Waals surface area (Å²) in [6.45, 7) is 2.05. The summed E-state index contributed by atoms with van der Waals surface area (Å²) in [6.07, 6.45) is 4.82. The van der Waals surface area contributed by atoms with E-state index >= 15 is 0 Å². The first-order chi connectivity index (χ1) is 3.56. The smallest absolute Gasteiger partial charge is 0.102 e. The van der Waals surface area contributed by atoms with Gasteiger partial charge in [0, 0.05) is 0 Å². The molecule has 0 saturated carbocycles. The van der Waals surface area contributed by atoms with E-state index in [0.717, 1.165) is 16.7 Å². The summed E-state index contributed by atoms with van der Waals surface area (Å²) in [6, 6.07) is 0. The number of hydrogen-bond acceptors (Lipinski definition) is 0. The SMILES string of the molecule is CCC=CC([SiH3])(Cl)Cl. The van der Waals surface area contributed by atoms with Crippen molar-refractivity contribution in [2.75, 3.05) is 0 Å². The Morgan fingerprint density at radius 1 is 1.62 bits per heavy atom. The van der Waals surface area contributed by atoms with E-state index in [0.29, 0.717) is 0 Å². The van der Waals surface area contributed by atoms with Crippen LogP contribution in [0.1, 0.15) is 13.3 Å². The third-order valence-corrected chi connectivity index (χ3v) is 1.23. The molecule has 8 heavy (non-hydrogen) atoms. The molecule has 0 saturated heterocycles. The zero-order valence-corrected chi connectivity index (χ0v) is 8.63. The Balaban J connectivity index is 3.52. The Morgan fingerprint density at radius 2 is 2.12 bits per heavy atom.